The van der Waals surface area contributed by atoms with E-state index in [1.165, 1.54) is 0 Å². The molecule has 24 heavy (non-hydrogen) atoms. The number of ether oxygens (including phenoxy) is 1. The maximum absolute atomic E-state index is 12.4. The molecule has 7 heteroatoms. The number of carboxylic acid groups (broad SMARTS) is 1. The highest BCUT2D eigenvalue weighted by molar-refractivity contribution is 7.17. The summed E-state index contributed by atoms with van der Waals surface area (Å²) in [5.41, 5.74) is 0.860. The summed E-state index contributed by atoms with van der Waals surface area (Å²) in [7, 11) is 0. The molecule has 0 bridgehead atoms. The van der Waals surface area contributed by atoms with Crippen LogP contribution in [-0.4, -0.2) is 36.2 Å². The van der Waals surface area contributed by atoms with Crippen LogP contribution in [-0.2, 0) is 20.7 Å². The maximum atomic E-state index is 12.4. The summed E-state index contributed by atoms with van der Waals surface area (Å²) in [5, 5.41) is 15.6. The number of amides is 1. The molecule has 2 unspecified atom stereocenters. The Balaban J connectivity index is 1.70. The van der Waals surface area contributed by atoms with Gasteiger partial charge in [-0.15, -0.1) is 11.3 Å². The first-order chi connectivity index (χ1) is 11.5. The Morgan fingerprint density at radius 2 is 2.29 bits per heavy atom. The molecule has 1 aromatic heterocycles. The highest BCUT2D eigenvalue weighted by Gasteiger charge is 2.31. The van der Waals surface area contributed by atoms with Crippen molar-refractivity contribution in [3.05, 3.63) is 34.2 Å². The van der Waals surface area contributed by atoms with Crippen LogP contribution >= 0.6 is 22.9 Å². The van der Waals surface area contributed by atoms with Crippen LogP contribution in [0.25, 0.3) is 10.1 Å². The molecule has 1 saturated heterocycles. The molecule has 2 atom stereocenters. The van der Waals surface area contributed by atoms with Crippen molar-refractivity contribution in [3.63, 3.8) is 0 Å². The molecule has 5 nitrogen and oxygen atoms in total. The molecule has 0 aliphatic carbocycles. The number of aliphatic carboxylic acids is 1. The van der Waals surface area contributed by atoms with Gasteiger partial charge in [0, 0.05) is 22.2 Å². The molecule has 0 spiro atoms. The Kier molecular flexibility index (Phi) is 5.38. The van der Waals surface area contributed by atoms with Crippen molar-refractivity contribution in [2.75, 3.05) is 13.2 Å². The molecule has 1 amide bonds. The lowest BCUT2D eigenvalue weighted by atomic mass is 9.93. The van der Waals surface area contributed by atoms with E-state index < -0.39 is 12.0 Å². The number of hydrogen-bond acceptors (Lipinski definition) is 4. The van der Waals surface area contributed by atoms with E-state index >= 15 is 0 Å². The summed E-state index contributed by atoms with van der Waals surface area (Å²) in [6.07, 6.45) is 1.70. The molecule has 1 aromatic carbocycles. The first kappa shape index (κ1) is 17.2. The SMILES string of the molecule is O=C(Cc1csc2ccc(Cl)cc12)NC(C(=O)O)C1CCCOC1. The third-order valence-electron chi connectivity index (χ3n) is 4.22. The lowest BCUT2D eigenvalue weighted by molar-refractivity contribution is -0.145. The van der Waals surface area contributed by atoms with E-state index in [1.807, 2.05) is 23.6 Å². The van der Waals surface area contributed by atoms with Crippen LogP contribution in [0.5, 0.6) is 0 Å². The zero-order valence-corrected chi connectivity index (χ0v) is 14.5. The van der Waals surface area contributed by atoms with Crippen molar-refractivity contribution in [2.24, 2.45) is 5.92 Å². The number of fused-ring (bicyclic) bond motifs is 1. The zero-order chi connectivity index (χ0) is 17.1. The van der Waals surface area contributed by atoms with E-state index in [0.29, 0.717) is 18.2 Å². The fourth-order valence-electron chi connectivity index (χ4n) is 3.00. The maximum Gasteiger partial charge on any atom is 0.326 e. The minimum atomic E-state index is -1.02. The van der Waals surface area contributed by atoms with Gasteiger partial charge in [0.25, 0.3) is 0 Å². The Hall–Kier alpha value is -1.63. The molecular formula is C17H18ClNO4S. The van der Waals surface area contributed by atoms with Gasteiger partial charge >= 0.3 is 5.97 Å². The van der Waals surface area contributed by atoms with E-state index in [1.54, 1.807) is 11.3 Å². The molecule has 1 aliphatic rings. The van der Waals surface area contributed by atoms with Gasteiger partial charge in [0.15, 0.2) is 0 Å². The normalized spacial score (nSPS) is 19.1. The lowest BCUT2D eigenvalue weighted by Crippen LogP contribution is -2.48. The van der Waals surface area contributed by atoms with Crippen molar-refractivity contribution in [1.82, 2.24) is 5.32 Å². The van der Waals surface area contributed by atoms with Crippen LogP contribution in [0.2, 0.25) is 5.02 Å². The smallest absolute Gasteiger partial charge is 0.326 e. The number of carbonyl (C=O) groups is 2. The predicted octanol–water partition coefficient (Wildman–Crippen LogP) is 3.09. The second-order valence-electron chi connectivity index (χ2n) is 5.94. The largest absolute Gasteiger partial charge is 0.480 e. The molecule has 2 N–H and O–H groups in total. The zero-order valence-electron chi connectivity index (χ0n) is 13.0. The number of rotatable bonds is 5. The first-order valence-electron chi connectivity index (χ1n) is 7.80. The highest BCUT2D eigenvalue weighted by Crippen LogP contribution is 2.29. The first-order valence-corrected chi connectivity index (χ1v) is 9.06. The Morgan fingerprint density at radius 1 is 1.46 bits per heavy atom. The van der Waals surface area contributed by atoms with Crippen molar-refractivity contribution >= 4 is 44.9 Å². The monoisotopic (exact) mass is 367 g/mol. The minimum Gasteiger partial charge on any atom is -0.480 e. The van der Waals surface area contributed by atoms with Crippen molar-refractivity contribution in [2.45, 2.75) is 25.3 Å². The quantitative estimate of drug-likeness (QED) is 0.851. The van der Waals surface area contributed by atoms with Gasteiger partial charge in [-0.05, 0) is 47.4 Å². The van der Waals surface area contributed by atoms with Crippen LogP contribution in [0.1, 0.15) is 18.4 Å². The second-order valence-corrected chi connectivity index (χ2v) is 7.29. The van der Waals surface area contributed by atoms with Gasteiger partial charge < -0.3 is 15.2 Å². The van der Waals surface area contributed by atoms with E-state index in [-0.39, 0.29) is 18.2 Å². The topological polar surface area (TPSA) is 75.6 Å². The Bertz CT molecular complexity index is 754. The summed E-state index contributed by atoms with van der Waals surface area (Å²) in [5.74, 6) is -1.50. The lowest BCUT2D eigenvalue weighted by Gasteiger charge is -2.28. The minimum absolute atomic E-state index is 0.137. The van der Waals surface area contributed by atoms with Gasteiger partial charge in [0.2, 0.25) is 5.91 Å². The van der Waals surface area contributed by atoms with Crippen LogP contribution in [0.4, 0.5) is 0 Å². The predicted molar refractivity (Wildman–Crippen MR) is 93.6 cm³/mol. The third-order valence-corrected chi connectivity index (χ3v) is 5.46. The van der Waals surface area contributed by atoms with Crippen molar-refractivity contribution in [1.29, 1.82) is 0 Å². The number of thiophene rings is 1. The van der Waals surface area contributed by atoms with Gasteiger partial charge in [0.05, 0.1) is 13.0 Å². The molecule has 0 saturated carbocycles. The van der Waals surface area contributed by atoms with E-state index in [9.17, 15) is 14.7 Å². The molecule has 1 fully saturated rings. The summed E-state index contributed by atoms with van der Waals surface area (Å²) in [6.45, 7) is 1.02. The standard InChI is InChI=1S/C17H18ClNO4S/c18-12-3-4-14-13(7-12)11(9-24-14)6-15(20)19-16(17(21)22)10-2-1-5-23-8-10/h3-4,7,9-10,16H,1-2,5-6,8H2,(H,19,20)(H,21,22). The fourth-order valence-corrected chi connectivity index (χ4v) is 4.11. The van der Waals surface area contributed by atoms with E-state index in [0.717, 1.165) is 28.5 Å². The van der Waals surface area contributed by atoms with E-state index in [2.05, 4.69) is 5.32 Å². The number of carbonyl (C=O) groups excluding carboxylic acids is 1. The number of benzene rings is 1. The molecule has 2 aromatic rings. The van der Waals surface area contributed by atoms with Crippen LogP contribution in [0.15, 0.2) is 23.6 Å². The van der Waals surface area contributed by atoms with Gasteiger partial charge in [-0.2, -0.15) is 0 Å². The van der Waals surface area contributed by atoms with Crippen LogP contribution in [0, 0.1) is 5.92 Å². The third kappa shape index (κ3) is 3.88. The molecule has 1 aliphatic heterocycles. The molecule has 0 radical (unpaired) electrons. The number of halogens is 1. The summed E-state index contributed by atoms with van der Waals surface area (Å²) in [6, 6.07) is 4.66. The van der Waals surface area contributed by atoms with Gasteiger partial charge in [-0.1, -0.05) is 11.6 Å². The van der Waals surface area contributed by atoms with Gasteiger partial charge in [-0.25, -0.2) is 4.79 Å². The molecule has 2 heterocycles. The molecule has 128 valence electrons. The second kappa shape index (κ2) is 7.51. The van der Waals surface area contributed by atoms with Crippen molar-refractivity contribution in [3.8, 4) is 0 Å². The van der Waals surface area contributed by atoms with Gasteiger partial charge in [-0.3, -0.25) is 4.79 Å². The summed E-state index contributed by atoms with van der Waals surface area (Å²) >= 11 is 7.57. The van der Waals surface area contributed by atoms with Crippen LogP contribution in [0.3, 0.4) is 0 Å². The summed E-state index contributed by atoms with van der Waals surface area (Å²) < 4.78 is 6.40. The van der Waals surface area contributed by atoms with Crippen molar-refractivity contribution < 1.29 is 19.4 Å². The fraction of sp³-hybridized carbons (Fsp3) is 0.412. The average molecular weight is 368 g/mol. The Labute approximate surface area is 148 Å². The van der Waals surface area contributed by atoms with E-state index in [4.69, 9.17) is 16.3 Å². The number of nitrogens with one attached hydrogen (secondary N) is 1. The summed E-state index contributed by atoms with van der Waals surface area (Å²) in [4.78, 5) is 23.9. The molecular weight excluding hydrogens is 350 g/mol. The van der Waals surface area contributed by atoms with Crippen LogP contribution < -0.4 is 5.32 Å². The highest BCUT2D eigenvalue weighted by atomic mass is 35.5. The number of hydrogen-bond donors (Lipinski definition) is 2. The average Bonchev–Trinajstić information content (AvgIpc) is 2.95. The van der Waals surface area contributed by atoms with Gasteiger partial charge in [0.1, 0.15) is 6.04 Å². The molecule has 3 rings (SSSR count). The number of carboxylic acids is 1. The Morgan fingerprint density at radius 3 is 3.00 bits per heavy atom.